The van der Waals surface area contributed by atoms with E-state index in [2.05, 4.69) is 0 Å². The Morgan fingerprint density at radius 3 is 2.74 bits per heavy atom. The predicted molar refractivity (Wildman–Crippen MR) is 66.9 cm³/mol. The van der Waals surface area contributed by atoms with Crippen molar-refractivity contribution in [2.45, 2.75) is 13.5 Å². The van der Waals surface area contributed by atoms with Crippen molar-refractivity contribution in [3.05, 3.63) is 65.5 Å². The second-order valence-corrected chi connectivity index (χ2v) is 4.09. The van der Waals surface area contributed by atoms with E-state index in [4.69, 9.17) is 5.26 Å². The van der Waals surface area contributed by atoms with Crippen LogP contribution in [0, 0.1) is 18.3 Å². The Hall–Kier alpha value is -1.99. The molecule has 0 atom stereocenters. The molecule has 0 aliphatic carbocycles. The summed E-state index contributed by atoms with van der Waals surface area (Å²) in [6.45, 7) is 2.25. The summed E-state index contributed by atoms with van der Waals surface area (Å²) in [4.78, 5) is 12.1. The van der Waals surface area contributed by atoms with Gasteiger partial charge in [-0.2, -0.15) is 9.83 Å². The lowest BCUT2D eigenvalue weighted by Crippen LogP contribution is -3.00. The maximum Gasteiger partial charge on any atom is 0.227 e. The first-order valence-corrected chi connectivity index (χ1v) is 5.69. The lowest BCUT2D eigenvalue weighted by molar-refractivity contribution is -0.689. The Labute approximate surface area is 122 Å². The molecular weight excluding hydrogens is 304 g/mol. The number of rotatable bonds is 3. The van der Waals surface area contributed by atoms with Gasteiger partial charge in [0.25, 0.3) is 0 Å². The minimum Gasteiger partial charge on any atom is -1.00 e. The Morgan fingerprint density at radius 1 is 1.26 bits per heavy atom. The summed E-state index contributed by atoms with van der Waals surface area (Å²) in [5, 5.41) is 8.81. The second kappa shape index (κ2) is 6.81. The summed E-state index contributed by atoms with van der Waals surface area (Å²) in [5.41, 5.74) is 2.11. The highest BCUT2D eigenvalue weighted by Gasteiger charge is 2.14. The van der Waals surface area contributed by atoms with Gasteiger partial charge in [0.05, 0.1) is 11.6 Å². The molecule has 4 heteroatoms. The van der Waals surface area contributed by atoms with Crippen molar-refractivity contribution in [3.8, 4) is 6.07 Å². The highest BCUT2D eigenvalue weighted by Crippen LogP contribution is 2.05. The average molecular weight is 317 g/mol. The fraction of sp³-hybridized carbons (Fsp3) is 0.133. The quantitative estimate of drug-likeness (QED) is 0.541. The van der Waals surface area contributed by atoms with Crippen LogP contribution < -0.4 is 21.5 Å². The predicted octanol–water partition coefficient (Wildman–Crippen LogP) is -0.959. The Morgan fingerprint density at radius 2 is 2.05 bits per heavy atom. The Kier molecular flexibility index (Phi) is 5.40. The number of nitrogens with zero attached hydrogens (tertiary/aromatic N) is 2. The molecule has 1 aromatic carbocycles. The summed E-state index contributed by atoms with van der Waals surface area (Å²) < 4.78 is 1.89. The fourth-order valence-electron chi connectivity index (χ4n) is 1.75. The highest BCUT2D eigenvalue weighted by molar-refractivity contribution is 5.95. The molecule has 96 valence electrons. The minimum absolute atomic E-state index is 0. The monoisotopic (exact) mass is 316 g/mol. The zero-order valence-corrected chi connectivity index (χ0v) is 12.1. The van der Waals surface area contributed by atoms with E-state index in [-0.39, 0.29) is 22.8 Å². The molecule has 0 spiro atoms. The first kappa shape index (κ1) is 15.1. The molecule has 0 N–H and O–H groups in total. The molecule has 0 bridgehead atoms. The van der Waals surface area contributed by atoms with E-state index in [0.717, 1.165) is 5.69 Å². The van der Waals surface area contributed by atoms with Gasteiger partial charge in [-0.25, -0.2) is 0 Å². The van der Waals surface area contributed by atoms with Gasteiger partial charge in [-0.1, -0.05) is 18.2 Å². The van der Waals surface area contributed by atoms with Gasteiger partial charge in [0.1, 0.15) is 0 Å². The smallest absolute Gasteiger partial charge is 0.227 e. The number of carbonyl (C=O) groups is 1. The van der Waals surface area contributed by atoms with Gasteiger partial charge >= 0.3 is 0 Å². The maximum absolute atomic E-state index is 12.1. The molecule has 3 nitrogen and oxygen atoms in total. The summed E-state index contributed by atoms with van der Waals surface area (Å²) in [6.07, 6.45) is 1.88. The van der Waals surface area contributed by atoms with Crippen LogP contribution in [0.15, 0.2) is 48.7 Å². The average Bonchev–Trinajstić information content (AvgIpc) is 2.41. The number of nitriles is 1. The van der Waals surface area contributed by atoms with Gasteiger partial charge in [0.15, 0.2) is 11.9 Å². The third-order valence-electron chi connectivity index (χ3n) is 2.80. The second-order valence-electron chi connectivity index (χ2n) is 4.09. The largest absolute Gasteiger partial charge is 1.00 e. The van der Waals surface area contributed by atoms with Crippen LogP contribution in [-0.2, 0) is 6.54 Å². The third-order valence-corrected chi connectivity index (χ3v) is 2.80. The van der Waals surface area contributed by atoms with E-state index in [9.17, 15) is 4.79 Å². The maximum atomic E-state index is 12.1. The van der Waals surface area contributed by atoms with Crippen LogP contribution >= 0.6 is 0 Å². The molecule has 19 heavy (non-hydrogen) atoms. The van der Waals surface area contributed by atoms with Gasteiger partial charge in [-0.3, -0.25) is 4.79 Å². The molecule has 0 fully saturated rings. The van der Waals surface area contributed by atoms with Crippen LogP contribution in [0.2, 0.25) is 0 Å². The minimum atomic E-state index is 0. The molecule has 0 saturated heterocycles. The molecule has 0 radical (unpaired) electrons. The number of pyridine rings is 1. The van der Waals surface area contributed by atoms with Crippen LogP contribution in [0.1, 0.15) is 21.6 Å². The number of benzene rings is 1. The number of aryl methyl sites for hydroxylation is 1. The van der Waals surface area contributed by atoms with E-state index >= 15 is 0 Å². The SMILES string of the molecule is Cc1cccc[n+]1CC(=O)c1cccc(C#N)c1.[Br-]. The summed E-state index contributed by atoms with van der Waals surface area (Å²) in [6, 6.07) is 14.6. The Bertz CT molecular complexity index is 632. The van der Waals surface area contributed by atoms with E-state index in [0.29, 0.717) is 17.7 Å². The van der Waals surface area contributed by atoms with Gasteiger partial charge in [0, 0.05) is 24.6 Å². The molecule has 0 saturated carbocycles. The van der Waals surface area contributed by atoms with E-state index in [1.54, 1.807) is 24.3 Å². The summed E-state index contributed by atoms with van der Waals surface area (Å²) in [7, 11) is 0. The highest BCUT2D eigenvalue weighted by atomic mass is 79.9. The van der Waals surface area contributed by atoms with E-state index in [1.165, 1.54) is 0 Å². The zero-order chi connectivity index (χ0) is 13.0. The van der Waals surface area contributed by atoms with Crippen molar-refractivity contribution < 1.29 is 26.3 Å². The van der Waals surface area contributed by atoms with Crippen molar-refractivity contribution in [2.24, 2.45) is 0 Å². The molecule has 1 aromatic heterocycles. The molecule has 0 amide bonds. The van der Waals surface area contributed by atoms with Crippen molar-refractivity contribution in [1.82, 2.24) is 0 Å². The number of Topliss-reactive ketones (excluding diaryl/α,β-unsaturated/α-hetero) is 1. The first-order valence-electron chi connectivity index (χ1n) is 5.69. The van der Waals surface area contributed by atoms with Crippen LogP contribution in [-0.4, -0.2) is 5.78 Å². The standard InChI is InChI=1S/C15H13N2O.BrH/c1-12-5-2-3-8-17(12)11-15(18)14-7-4-6-13(9-14)10-16;/h2-9H,11H2,1H3;1H/q+1;/p-1. The normalized spacial score (nSPS) is 9.26. The molecule has 0 aliphatic rings. The number of aromatic nitrogens is 1. The number of hydrogen-bond donors (Lipinski definition) is 0. The van der Waals surface area contributed by atoms with Gasteiger partial charge < -0.3 is 17.0 Å². The summed E-state index contributed by atoms with van der Waals surface area (Å²) >= 11 is 0. The van der Waals surface area contributed by atoms with Gasteiger partial charge in [-0.05, 0) is 12.1 Å². The first-order chi connectivity index (χ1) is 8.70. The van der Waals surface area contributed by atoms with Crippen LogP contribution in [0.4, 0.5) is 0 Å². The van der Waals surface area contributed by atoms with Crippen molar-refractivity contribution in [3.63, 3.8) is 0 Å². The molecule has 2 aromatic rings. The number of ketones is 1. The molecule has 1 heterocycles. The molecule has 0 unspecified atom stereocenters. The van der Waals surface area contributed by atoms with Crippen molar-refractivity contribution >= 4 is 5.78 Å². The number of carbonyl (C=O) groups excluding carboxylic acids is 1. The molecule has 2 rings (SSSR count). The third kappa shape index (κ3) is 3.73. The van der Waals surface area contributed by atoms with Crippen LogP contribution in [0.25, 0.3) is 0 Å². The molecule has 0 aliphatic heterocycles. The number of halogens is 1. The lowest BCUT2D eigenvalue weighted by atomic mass is 10.1. The van der Waals surface area contributed by atoms with Gasteiger partial charge in [0.2, 0.25) is 12.3 Å². The van der Waals surface area contributed by atoms with Crippen LogP contribution in [0.3, 0.4) is 0 Å². The topological polar surface area (TPSA) is 44.7 Å². The van der Waals surface area contributed by atoms with Crippen LogP contribution in [0.5, 0.6) is 0 Å². The fourth-order valence-corrected chi connectivity index (χ4v) is 1.75. The van der Waals surface area contributed by atoms with E-state index in [1.807, 2.05) is 42.0 Å². The Balaban J connectivity index is 0.00000180. The number of hydrogen-bond acceptors (Lipinski definition) is 2. The summed E-state index contributed by atoms with van der Waals surface area (Å²) in [5.74, 6) is 0.00593. The van der Waals surface area contributed by atoms with E-state index < -0.39 is 0 Å². The zero-order valence-electron chi connectivity index (χ0n) is 10.5. The molecular formula is C15H13BrN2O. The van der Waals surface area contributed by atoms with Gasteiger partial charge in [-0.15, -0.1) is 0 Å². The lowest BCUT2D eigenvalue weighted by Gasteiger charge is -2.00. The van der Waals surface area contributed by atoms with Crippen molar-refractivity contribution in [1.29, 1.82) is 5.26 Å². The van der Waals surface area contributed by atoms with Crippen molar-refractivity contribution in [2.75, 3.05) is 0 Å².